The van der Waals surface area contributed by atoms with Crippen LogP contribution in [0.3, 0.4) is 0 Å². The van der Waals surface area contributed by atoms with Gasteiger partial charge < -0.3 is 5.73 Å². The summed E-state index contributed by atoms with van der Waals surface area (Å²) in [5.41, 5.74) is 8.59. The molecule has 0 atom stereocenters. The van der Waals surface area contributed by atoms with Crippen molar-refractivity contribution >= 4 is 5.69 Å². The lowest BCUT2D eigenvalue weighted by atomic mass is 9.94. The molecule has 2 N–H and O–H groups in total. The Morgan fingerprint density at radius 1 is 1.21 bits per heavy atom. The molecular weight excluding hydrogens is 232 g/mol. The van der Waals surface area contributed by atoms with Crippen molar-refractivity contribution in [3.63, 3.8) is 0 Å². The molecular formula is C17H26N2. The molecule has 1 aromatic rings. The van der Waals surface area contributed by atoms with Crippen molar-refractivity contribution < 1.29 is 0 Å². The van der Waals surface area contributed by atoms with E-state index >= 15 is 0 Å². The van der Waals surface area contributed by atoms with Crippen molar-refractivity contribution in [2.24, 2.45) is 5.92 Å². The Labute approximate surface area is 117 Å². The van der Waals surface area contributed by atoms with Gasteiger partial charge in [-0.1, -0.05) is 12.1 Å². The van der Waals surface area contributed by atoms with E-state index in [2.05, 4.69) is 43.0 Å². The van der Waals surface area contributed by atoms with Crippen LogP contribution in [0.5, 0.6) is 0 Å². The van der Waals surface area contributed by atoms with Crippen LogP contribution >= 0.6 is 0 Å². The van der Waals surface area contributed by atoms with Crippen molar-refractivity contribution in [2.75, 3.05) is 18.8 Å². The van der Waals surface area contributed by atoms with Crippen LogP contribution in [0.25, 0.3) is 0 Å². The van der Waals surface area contributed by atoms with Gasteiger partial charge in [-0.3, -0.25) is 4.90 Å². The monoisotopic (exact) mass is 258 g/mol. The number of hydrogen-bond donors (Lipinski definition) is 1. The fraction of sp³-hybridized carbons (Fsp3) is 0.647. The highest BCUT2D eigenvalue weighted by atomic mass is 15.2. The first kappa shape index (κ1) is 13.0. The van der Waals surface area contributed by atoms with Gasteiger partial charge in [-0.25, -0.2) is 0 Å². The predicted octanol–water partition coefficient (Wildman–Crippen LogP) is 3.42. The molecule has 0 heterocycles. The number of rotatable bonds is 6. The zero-order valence-electron chi connectivity index (χ0n) is 12.2. The predicted molar refractivity (Wildman–Crippen MR) is 81.2 cm³/mol. The van der Waals surface area contributed by atoms with Crippen LogP contribution in [0.15, 0.2) is 24.3 Å². The number of hydrogen-bond acceptors (Lipinski definition) is 2. The molecule has 2 fully saturated rings. The van der Waals surface area contributed by atoms with Crippen LogP contribution < -0.4 is 5.73 Å². The second kappa shape index (κ2) is 4.82. The smallest absolute Gasteiger partial charge is 0.0314 e. The third-order valence-electron chi connectivity index (χ3n) is 4.80. The average molecular weight is 258 g/mol. The molecule has 2 aliphatic rings. The topological polar surface area (TPSA) is 29.3 Å². The lowest BCUT2D eigenvalue weighted by Crippen LogP contribution is -2.39. The first-order valence-electron chi connectivity index (χ1n) is 7.69. The minimum atomic E-state index is 0.423. The van der Waals surface area contributed by atoms with Crippen LogP contribution in [0.1, 0.15) is 45.1 Å². The van der Waals surface area contributed by atoms with E-state index in [0.717, 1.165) is 11.6 Å². The lowest BCUT2D eigenvalue weighted by molar-refractivity contribution is 0.193. The fourth-order valence-electron chi connectivity index (χ4n) is 3.00. The van der Waals surface area contributed by atoms with Gasteiger partial charge in [0.25, 0.3) is 0 Å². The summed E-state index contributed by atoms with van der Waals surface area (Å²) in [4.78, 5) is 2.70. The van der Waals surface area contributed by atoms with Gasteiger partial charge in [0.15, 0.2) is 0 Å². The molecule has 19 heavy (non-hydrogen) atoms. The van der Waals surface area contributed by atoms with Gasteiger partial charge >= 0.3 is 0 Å². The average Bonchev–Trinajstić information content (AvgIpc) is 3.25. The number of nitrogens with two attached hydrogens (primary N) is 1. The van der Waals surface area contributed by atoms with Crippen LogP contribution in [0, 0.1) is 5.92 Å². The fourth-order valence-corrected chi connectivity index (χ4v) is 3.00. The first-order valence-corrected chi connectivity index (χ1v) is 7.69. The molecule has 2 saturated carbocycles. The van der Waals surface area contributed by atoms with Crippen LogP contribution in [-0.4, -0.2) is 24.0 Å². The highest BCUT2D eigenvalue weighted by Gasteiger charge is 2.46. The van der Waals surface area contributed by atoms with Gasteiger partial charge in [0.05, 0.1) is 0 Å². The van der Waals surface area contributed by atoms with Gasteiger partial charge in [0.2, 0.25) is 0 Å². The Morgan fingerprint density at radius 2 is 1.84 bits per heavy atom. The quantitative estimate of drug-likeness (QED) is 0.792. The van der Waals surface area contributed by atoms with E-state index in [0.29, 0.717) is 11.5 Å². The zero-order chi connectivity index (χ0) is 13.5. The molecule has 0 bridgehead atoms. The molecule has 2 nitrogen and oxygen atoms in total. The van der Waals surface area contributed by atoms with Gasteiger partial charge in [0.1, 0.15) is 0 Å². The Kier molecular flexibility index (Phi) is 3.30. The Balaban J connectivity index is 1.71. The molecule has 0 radical (unpaired) electrons. The Morgan fingerprint density at radius 3 is 2.32 bits per heavy atom. The third kappa shape index (κ3) is 2.94. The van der Waals surface area contributed by atoms with Crippen LogP contribution in [0.4, 0.5) is 5.69 Å². The lowest BCUT2D eigenvalue weighted by Gasteiger charge is -2.31. The molecule has 104 valence electrons. The molecule has 2 heteroatoms. The van der Waals surface area contributed by atoms with E-state index < -0.39 is 0 Å². The maximum Gasteiger partial charge on any atom is 0.0314 e. The second-order valence-electron chi connectivity index (χ2n) is 6.87. The maximum atomic E-state index is 5.80. The zero-order valence-corrected chi connectivity index (χ0v) is 12.2. The largest absolute Gasteiger partial charge is 0.399 e. The van der Waals surface area contributed by atoms with Crippen molar-refractivity contribution in [3.05, 3.63) is 29.8 Å². The summed E-state index contributed by atoms with van der Waals surface area (Å²) in [6.07, 6.45) is 5.56. The molecule has 0 saturated heterocycles. The van der Waals surface area contributed by atoms with Crippen molar-refractivity contribution in [1.29, 1.82) is 0 Å². The van der Waals surface area contributed by atoms with E-state index in [1.807, 2.05) is 0 Å². The van der Waals surface area contributed by atoms with Gasteiger partial charge in [-0.05, 0) is 63.1 Å². The van der Waals surface area contributed by atoms with E-state index in [1.54, 1.807) is 0 Å². The highest BCUT2D eigenvalue weighted by molar-refractivity contribution is 5.43. The highest BCUT2D eigenvalue weighted by Crippen LogP contribution is 2.49. The van der Waals surface area contributed by atoms with Crippen LogP contribution in [0.2, 0.25) is 0 Å². The molecule has 0 amide bonds. The standard InChI is InChI=1S/C17H26N2/c1-13(2)19(11-14-3-4-14)12-17(9-10-17)15-5-7-16(18)8-6-15/h5-8,13-14H,3-4,9-12,18H2,1-2H3. The summed E-state index contributed by atoms with van der Waals surface area (Å²) < 4.78 is 0. The minimum absolute atomic E-state index is 0.423. The molecule has 0 aliphatic heterocycles. The summed E-state index contributed by atoms with van der Waals surface area (Å²) >= 11 is 0. The maximum absolute atomic E-state index is 5.80. The molecule has 0 aromatic heterocycles. The summed E-state index contributed by atoms with van der Waals surface area (Å²) in [7, 11) is 0. The summed E-state index contributed by atoms with van der Waals surface area (Å²) in [5, 5.41) is 0. The number of nitrogen functional groups attached to an aromatic ring is 1. The first-order chi connectivity index (χ1) is 9.09. The number of nitrogens with zero attached hydrogens (tertiary/aromatic N) is 1. The minimum Gasteiger partial charge on any atom is -0.399 e. The SMILES string of the molecule is CC(C)N(CC1CC1)CC1(c2ccc(N)cc2)CC1. The Hall–Kier alpha value is -1.02. The molecule has 0 unspecified atom stereocenters. The summed E-state index contributed by atoms with van der Waals surface area (Å²) in [6, 6.07) is 9.23. The third-order valence-corrected chi connectivity index (χ3v) is 4.80. The summed E-state index contributed by atoms with van der Waals surface area (Å²) in [6.45, 7) is 7.20. The molecule has 3 rings (SSSR count). The molecule has 1 aromatic carbocycles. The summed E-state index contributed by atoms with van der Waals surface area (Å²) in [5.74, 6) is 0.976. The second-order valence-corrected chi connectivity index (χ2v) is 6.87. The normalized spacial score (nSPS) is 21.1. The van der Waals surface area contributed by atoms with E-state index in [4.69, 9.17) is 5.73 Å². The van der Waals surface area contributed by atoms with E-state index in [1.165, 1.54) is 44.3 Å². The molecule has 2 aliphatic carbocycles. The van der Waals surface area contributed by atoms with Crippen molar-refractivity contribution in [3.8, 4) is 0 Å². The van der Waals surface area contributed by atoms with Gasteiger partial charge in [-0.2, -0.15) is 0 Å². The van der Waals surface area contributed by atoms with Gasteiger partial charge in [-0.15, -0.1) is 0 Å². The van der Waals surface area contributed by atoms with Crippen molar-refractivity contribution in [1.82, 2.24) is 4.90 Å². The Bertz CT molecular complexity index is 427. The van der Waals surface area contributed by atoms with Crippen molar-refractivity contribution in [2.45, 2.75) is 51.0 Å². The number of benzene rings is 1. The van der Waals surface area contributed by atoms with E-state index in [9.17, 15) is 0 Å². The number of anilines is 1. The molecule has 0 spiro atoms. The van der Waals surface area contributed by atoms with E-state index in [-0.39, 0.29) is 0 Å². The van der Waals surface area contributed by atoms with Gasteiger partial charge in [0, 0.05) is 30.2 Å². The van der Waals surface area contributed by atoms with Crippen LogP contribution in [-0.2, 0) is 5.41 Å².